The van der Waals surface area contributed by atoms with E-state index >= 15 is 0 Å². The number of imidazole rings is 1. The number of aliphatic hydroxyl groups is 1. The van der Waals surface area contributed by atoms with Gasteiger partial charge in [-0.3, -0.25) is 0 Å². The standard InChI is InChI=1S/C16H17FN4OS/c17-11-3-1-2-10(8-11)14-9-18-16-21(14)20-15(23-16)19-12-4-6-13(22)7-5-12/h1-3,8-9,12-13,22H,4-7H2,(H,19,20). The van der Waals surface area contributed by atoms with E-state index in [1.165, 1.54) is 23.5 Å². The molecule has 4 rings (SSSR count). The molecule has 120 valence electrons. The smallest absolute Gasteiger partial charge is 0.214 e. The lowest BCUT2D eigenvalue weighted by atomic mass is 9.93. The summed E-state index contributed by atoms with van der Waals surface area (Å²) < 4.78 is 15.2. The van der Waals surface area contributed by atoms with E-state index in [1.54, 1.807) is 16.8 Å². The lowest BCUT2D eigenvalue weighted by molar-refractivity contribution is 0.126. The van der Waals surface area contributed by atoms with Gasteiger partial charge in [0.15, 0.2) is 0 Å². The largest absolute Gasteiger partial charge is 0.393 e. The first kappa shape index (κ1) is 14.6. The van der Waals surface area contributed by atoms with Gasteiger partial charge in [0.1, 0.15) is 5.82 Å². The third-order valence-corrected chi connectivity index (χ3v) is 5.08. The van der Waals surface area contributed by atoms with E-state index in [9.17, 15) is 9.50 Å². The summed E-state index contributed by atoms with van der Waals surface area (Å²) in [6, 6.07) is 6.78. The third-order valence-electron chi connectivity index (χ3n) is 4.23. The molecule has 1 aliphatic rings. The van der Waals surface area contributed by atoms with Gasteiger partial charge in [-0.05, 0) is 37.8 Å². The van der Waals surface area contributed by atoms with Gasteiger partial charge in [0.2, 0.25) is 10.1 Å². The Labute approximate surface area is 136 Å². The lowest BCUT2D eigenvalue weighted by Gasteiger charge is -2.25. The van der Waals surface area contributed by atoms with Crippen LogP contribution >= 0.6 is 11.3 Å². The number of nitrogens with zero attached hydrogens (tertiary/aromatic N) is 3. The van der Waals surface area contributed by atoms with Crippen molar-refractivity contribution < 1.29 is 9.50 Å². The minimum atomic E-state index is -0.271. The summed E-state index contributed by atoms with van der Waals surface area (Å²) in [7, 11) is 0. The molecular formula is C16H17FN4OS. The van der Waals surface area contributed by atoms with Gasteiger partial charge in [-0.1, -0.05) is 23.5 Å². The fourth-order valence-electron chi connectivity index (χ4n) is 2.99. The number of aliphatic hydroxyl groups excluding tert-OH is 1. The topological polar surface area (TPSA) is 62.5 Å². The Morgan fingerprint density at radius 3 is 2.87 bits per heavy atom. The average molecular weight is 332 g/mol. The molecule has 2 aromatic heterocycles. The fourth-order valence-corrected chi connectivity index (χ4v) is 3.84. The number of rotatable bonds is 3. The molecule has 1 aromatic carbocycles. The predicted molar refractivity (Wildman–Crippen MR) is 88.1 cm³/mol. The summed E-state index contributed by atoms with van der Waals surface area (Å²) in [5.41, 5.74) is 1.54. The molecule has 7 heteroatoms. The monoisotopic (exact) mass is 332 g/mol. The van der Waals surface area contributed by atoms with Crippen LogP contribution in [0.1, 0.15) is 25.7 Å². The number of aromatic nitrogens is 3. The summed E-state index contributed by atoms with van der Waals surface area (Å²) in [6.07, 6.45) is 5.10. The first-order valence-corrected chi connectivity index (χ1v) is 8.56. The zero-order chi connectivity index (χ0) is 15.8. The fraction of sp³-hybridized carbons (Fsp3) is 0.375. The van der Waals surface area contributed by atoms with Crippen molar-refractivity contribution >= 4 is 21.4 Å². The van der Waals surface area contributed by atoms with Gasteiger partial charge in [-0.15, -0.1) is 5.10 Å². The van der Waals surface area contributed by atoms with Crippen molar-refractivity contribution in [2.75, 3.05) is 5.32 Å². The second-order valence-electron chi connectivity index (χ2n) is 5.91. The number of benzene rings is 1. The number of nitrogens with one attached hydrogen (secondary N) is 1. The molecule has 0 amide bonds. The van der Waals surface area contributed by atoms with Gasteiger partial charge in [0, 0.05) is 11.6 Å². The molecule has 2 N–H and O–H groups in total. The molecule has 2 heterocycles. The minimum Gasteiger partial charge on any atom is -0.393 e. The highest BCUT2D eigenvalue weighted by Gasteiger charge is 2.21. The highest BCUT2D eigenvalue weighted by Crippen LogP contribution is 2.28. The maximum Gasteiger partial charge on any atom is 0.214 e. The number of hydrogen-bond donors (Lipinski definition) is 2. The molecule has 0 atom stereocenters. The van der Waals surface area contributed by atoms with Gasteiger partial charge in [-0.25, -0.2) is 13.9 Å². The van der Waals surface area contributed by atoms with Crippen LogP contribution < -0.4 is 5.32 Å². The van der Waals surface area contributed by atoms with Gasteiger partial charge in [0.05, 0.1) is 18.0 Å². The van der Waals surface area contributed by atoms with Crippen LogP contribution in [0.2, 0.25) is 0 Å². The number of hydrogen-bond acceptors (Lipinski definition) is 5. The highest BCUT2D eigenvalue weighted by molar-refractivity contribution is 7.20. The van der Waals surface area contributed by atoms with Crippen LogP contribution in [-0.2, 0) is 0 Å². The van der Waals surface area contributed by atoms with Crippen LogP contribution in [0.5, 0.6) is 0 Å². The molecule has 0 unspecified atom stereocenters. The molecule has 0 spiro atoms. The second-order valence-corrected chi connectivity index (χ2v) is 6.86. The van der Waals surface area contributed by atoms with E-state index in [0.29, 0.717) is 6.04 Å². The Morgan fingerprint density at radius 2 is 2.09 bits per heavy atom. The van der Waals surface area contributed by atoms with Crippen molar-refractivity contribution in [3.8, 4) is 11.3 Å². The third kappa shape index (κ3) is 2.94. The molecule has 0 radical (unpaired) electrons. The van der Waals surface area contributed by atoms with Crippen LogP contribution in [0.4, 0.5) is 9.52 Å². The SMILES string of the molecule is OC1CCC(Nc2nn3c(-c4cccc(F)c4)cnc3s2)CC1. The molecule has 0 saturated heterocycles. The summed E-state index contributed by atoms with van der Waals surface area (Å²) in [5.74, 6) is -0.271. The van der Waals surface area contributed by atoms with E-state index in [4.69, 9.17) is 0 Å². The summed E-state index contributed by atoms with van der Waals surface area (Å²) in [6.45, 7) is 0. The van der Waals surface area contributed by atoms with E-state index in [1.807, 2.05) is 6.07 Å². The van der Waals surface area contributed by atoms with E-state index in [-0.39, 0.29) is 11.9 Å². The van der Waals surface area contributed by atoms with Crippen molar-refractivity contribution in [2.24, 2.45) is 0 Å². The van der Waals surface area contributed by atoms with Crippen LogP contribution in [0.3, 0.4) is 0 Å². The van der Waals surface area contributed by atoms with Crippen molar-refractivity contribution in [3.05, 3.63) is 36.3 Å². The van der Waals surface area contributed by atoms with Crippen LogP contribution in [0, 0.1) is 5.82 Å². The van der Waals surface area contributed by atoms with Gasteiger partial charge < -0.3 is 10.4 Å². The number of anilines is 1. The average Bonchev–Trinajstić information content (AvgIpc) is 3.09. The Kier molecular flexibility index (Phi) is 3.74. The van der Waals surface area contributed by atoms with Crippen LogP contribution in [-0.4, -0.2) is 31.9 Å². The van der Waals surface area contributed by atoms with E-state index in [2.05, 4.69) is 15.4 Å². The van der Waals surface area contributed by atoms with Crippen LogP contribution in [0.25, 0.3) is 16.2 Å². The zero-order valence-corrected chi connectivity index (χ0v) is 13.3. The first-order valence-electron chi connectivity index (χ1n) is 7.74. The van der Waals surface area contributed by atoms with Gasteiger partial charge >= 0.3 is 0 Å². The van der Waals surface area contributed by atoms with Crippen LogP contribution in [0.15, 0.2) is 30.5 Å². The molecule has 0 bridgehead atoms. The van der Waals surface area contributed by atoms with Gasteiger partial charge in [-0.2, -0.15) is 0 Å². The minimum absolute atomic E-state index is 0.166. The number of halogens is 1. The maximum absolute atomic E-state index is 13.4. The quantitative estimate of drug-likeness (QED) is 0.772. The van der Waals surface area contributed by atoms with Crippen molar-refractivity contribution in [2.45, 2.75) is 37.8 Å². The molecule has 3 aromatic rings. The Morgan fingerprint density at radius 1 is 1.26 bits per heavy atom. The molecule has 23 heavy (non-hydrogen) atoms. The lowest BCUT2D eigenvalue weighted by Crippen LogP contribution is -2.28. The summed E-state index contributed by atoms with van der Waals surface area (Å²) in [5, 5.41) is 18.4. The number of fused-ring (bicyclic) bond motifs is 1. The first-order chi connectivity index (χ1) is 11.2. The highest BCUT2D eigenvalue weighted by atomic mass is 32.1. The molecule has 1 fully saturated rings. The Hall–Kier alpha value is -1.99. The zero-order valence-electron chi connectivity index (χ0n) is 12.4. The van der Waals surface area contributed by atoms with Crippen molar-refractivity contribution in [1.82, 2.24) is 14.6 Å². The Bertz CT molecular complexity index is 822. The predicted octanol–water partition coefficient (Wildman–Crippen LogP) is 3.31. The van der Waals surface area contributed by atoms with Crippen molar-refractivity contribution in [1.29, 1.82) is 0 Å². The van der Waals surface area contributed by atoms with Crippen molar-refractivity contribution in [3.63, 3.8) is 0 Å². The molecule has 0 aliphatic heterocycles. The summed E-state index contributed by atoms with van der Waals surface area (Å²) in [4.78, 5) is 5.15. The normalized spacial score (nSPS) is 21.7. The molecule has 1 saturated carbocycles. The second kappa shape index (κ2) is 5.90. The Balaban J connectivity index is 1.59. The van der Waals surface area contributed by atoms with E-state index in [0.717, 1.165) is 47.0 Å². The van der Waals surface area contributed by atoms with Gasteiger partial charge in [0.25, 0.3) is 0 Å². The molecule has 1 aliphatic carbocycles. The summed E-state index contributed by atoms with van der Waals surface area (Å²) >= 11 is 1.48. The molecule has 5 nitrogen and oxygen atoms in total. The maximum atomic E-state index is 13.4. The molecular weight excluding hydrogens is 315 g/mol. The van der Waals surface area contributed by atoms with E-state index < -0.39 is 0 Å².